The van der Waals surface area contributed by atoms with Crippen LogP contribution in [0.1, 0.15) is 40.5 Å². The second-order valence-corrected chi connectivity index (χ2v) is 6.45. The van der Waals surface area contributed by atoms with E-state index in [2.05, 4.69) is 13.5 Å². The third kappa shape index (κ3) is 4.30. The molecule has 7 atom stereocenters. The van der Waals surface area contributed by atoms with Crippen LogP contribution >= 0.6 is 0 Å². The molecule has 0 unspecified atom stereocenters. The van der Waals surface area contributed by atoms with Crippen molar-refractivity contribution in [3.05, 3.63) is 12.7 Å². The van der Waals surface area contributed by atoms with Gasteiger partial charge in [0.2, 0.25) is 0 Å². The van der Waals surface area contributed by atoms with Crippen LogP contribution in [0.5, 0.6) is 0 Å². The molecular weight excluding hydrogens is 268 g/mol. The zero-order valence-electron chi connectivity index (χ0n) is 13.9. The maximum absolute atomic E-state index is 11.7. The standard InChI is InChI=1S/C17H30O4/c1-7-10(2)15(18)13(5)16-11(3)8-9-14(21-16)12(4)17(19)20-6/h7,10-16,18H,1,8-9H2,2-6H3/t10-,11-,12-,13-,14-,15-,16-/m0/s1. The molecular formula is C17H30O4. The minimum atomic E-state index is -0.484. The Kier molecular flexibility index (Phi) is 6.88. The highest BCUT2D eigenvalue weighted by molar-refractivity contribution is 5.72. The molecule has 0 saturated carbocycles. The van der Waals surface area contributed by atoms with E-state index >= 15 is 0 Å². The number of hydrogen-bond donors (Lipinski definition) is 1. The van der Waals surface area contributed by atoms with Gasteiger partial charge in [-0.15, -0.1) is 6.58 Å². The molecule has 0 aromatic heterocycles. The highest BCUT2D eigenvalue weighted by atomic mass is 16.5. The molecule has 4 nitrogen and oxygen atoms in total. The lowest BCUT2D eigenvalue weighted by molar-refractivity contribution is -0.167. The largest absolute Gasteiger partial charge is 0.469 e. The summed E-state index contributed by atoms with van der Waals surface area (Å²) in [6.07, 6.45) is 2.95. The van der Waals surface area contributed by atoms with Crippen molar-refractivity contribution < 1.29 is 19.4 Å². The normalized spacial score (nSPS) is 31.8. The van der Waals surface area contributed by atoms with Crippen LogP contribution in [0.3, 0.4) is 0 Å². The highest BCUT2D eigenvalue weighted by Gasteiger charge is 2.39. The van der Waals surface area contributed by atoms with E-state index in [9.17, 15) is 9.90 Å². The molecule has 1 N–H and O–H groups in total. The number of aliphatic hydroxyl groups is 1. The Balaban J connectivity index is 2.76. The number of aliphatic hydroxyl groups excluding tert-OH is 1. The van der Waals surface area contributed by atoms with Crippen LogP contribution in [-0.2, 0) is 14.3 Å². The summed E-state index contributed by atoms with van der Waals surface area (Å²) in [4.78, 5) is 11.7. The van der Waals surface area contributed by atoms with Gasteiger partial charge in [0, 0.05) is 11.8 Å². The number of esters is 1. The molecule has 1 rings (SSSR count). The van der Waals surface area contributed by atoms with Crippen LogP contribution in [-0.4, -0.2) is 36.5 Å². The lowest BCUT2D eigenvalue weighted by Crippen LogP contribution is -2.46. The van der Waals surface area contributed by atoms with Crippen molar-refractivity contribution >= 4 is 5.97 Å². The summed E-state index contributed by atoms with van der Waals surface area (Å²) in [5.74, 6) is -0.116. The van der Waals surface area contributed by atoms with Crippen LogP contribution in [0, 0.1) is 23.7 Å². The Morgan fingerprint density at radius 3 is 2.52 bits per heavy atom. The maximum Gasteiger partial charge on any atom is 0.311 e. The average molecular weight is 298 g/mol. The maximum atomic E-state index is 11.7. The predicted octanol–water partition coefficient (Wildman–Crippen LogP) is 2.80. The van der Waals surface area contributed by atoms with Crippen LogP contribution in [0.15, 0.2) is 12.7 Å². The molecule has 1 aliphatic rings. The molecule has 0 radical (unpaired) electrons. The first kappa shape index (κ1) is 18.2. The van der Waals surface area contributed by atoms with Crippen molar-refractivity contribution in [2.45, 2.75) is 58.8 Å². The van der Waals surface area contributed by atoms with Crippen molar-refractivity contribution in [2.75, 3.05) is 7.11 Å². The van der Waals surface area contributed by atoms with E-state index in [0.717, 1.165) is 12.8 Å². The van der Waals surface area contributed by atoms with Crippen molar-refractivity contribution in [3.8, 4) is 0 Å². The quantitative estimate of drug-likeness (QED) is 0.605. The molecule has 1 saturated heterocycles. The van der Waals surface area contributed by atoms with Gasteiger partial charge in [-0.3, -0.25) is 4.79 Å². The molecule has 1 fully saturated rings. The molecule has 122 valence electrons. The molecule has 1 heterocycles. The molecule has 4 heteroatoms. The summed E-state index contributed by atoms with van der Waals surface area (Å²) in [5.41, 5.74) is 0. The van der Waals surface area contributed by atoms with Gasteiger partial charge in [0.05, 0.1) is 31.3 Å². The SMILES string of the molecule is C=C[C@H](C)[C@H](O)[C@H](C)[C@H]1O[C@H]([C@H](C)C(=O)OC)CC[C@@H]1C. The molecule has 0 aliphatic carbocycles. The van der Waals surface area contributed by atoms with Gasteiger partial charge in [0.1, 0.15) is 0 Å². The van der Waals surface area contributed by atoms with E-state index in [4.69, 9.17) is 9.47 Å². The summed E-state index contributed by atoms with van der Waals surface area (Å²) in [5, 5.41) is 10.4. The van der Waals surface area contributed by atoms with E-state index in [1.165, 1.54) is 7.11 Å². The number of methoxy groups -OCH3 is 1. The van der Waals surface area contributed by atoms with Gasteiger partial charge in [-0.25, -0.2) is 0 Å². The van der Waals surface area contributed by atoms with Crippen LogP contribution in [0.4, 0.5) is 0 Å². The summed E-state index contributed by atoms with van der Waals surface area (Å²) in [6, 6.07) is 0. The zero-order valence-corrected chi connectivity index (χ0v) is 13.9. The first-order valence-electron chi connectivity index (χ1n) is 7.87. The van der Waals surface area contributed by atoms with Gasteiger partial charge in [0.25, 0.3) is 0 Å². The van der Waals surface area contributed by atoms with Crippen molar-refractivity contribution in [1.29, 1.82) is 0 Å². The number of carbonyl (C=O) groups is 1. The van der Waals surface area contributed by atoms with E-state index in [-0.39, 0.29) is 35.9 Å². The van der Waals surface area contributed by atoms with Gasteiger partial charge in [-0.1, -0.05) is 26.8 Å². The van der Waals surface area contributed by atoms with Crippen LogP contribution in [0.2, 0.25) is 0 Å². The summed E-state index contributed by atoms with van der Waals surface area (Å²) < 4.78 is 11.0. The van der Waals surface area contributed by atoms with Crippen molar-refractivity contribution in [3.63, 3.8) is 0 Å². The molecule has 1 aliphatic heterocycles. The second-order valence-electron chi connectivity index (χ2n) is 6.45. The van der Waals surface area contributed by atoms with Crippen molar-refractivity contribution in [2.24, 2.45) is 23.7 Å². The van der Waals surface area contributed by atoms with Gasteiger partial charge in [-0.05, 0) is 25.7 Å². The Morgan fingerprint density at radius 2 is 2.00 bits per heavy atom. The Bertz CT molecular complexity index is 355. The van der Waals surface area contributed by atoms with E-state index in [1.54, 1.807) is 6.08 Å². The fourth-order valence-corrected chi connectivity index (χ4v) is 3.16. The van der Waals surface area contributed by atoms with E-state index in [1.807, 2.05) is 20.8 Å². The summed E-state index contributed by atoms with van der Waals surface area (Å²) in [6.45, 7) is 11.7. The average Bonchev–Trinajstić information content (AvgIpc) is 2.51. The second kappa shape index (κ2) is 7.95. The fourth-order valence-electron chi connectivity index (χ4n) is 3.16. The fraction of sp³-hybridized carbons (Fsp3) is 0.824. The molecule has 21 heavy (non-hydrogen) atoms. The molecule has 0 aromatic rings. The Hall–Kier alpha value is -0.870. The number of rotatable bonds is 6. The smallest absolute Gasteiger partial charge is 0.311 e. The lowest BCUT2D eigenvalue weighted by Gasteiger charge is -2.41. The zero-order chi connectivity index (χ0) is 16.2. The third-order valence-electron chi connectivity index (χ3n) is 4.90. The molecule has 0 amide bonds. The summed E-state index contributed by atoms with van der Waals surface area (Å²) >= 11 is 0. The first-order valence-corrected chi connectivity index (χ1v) is 7.87. The van der Waals surface area contributed by atoms with Crippen LogP contribution in [0.25, 0.3) is 0 Å². The van der Waals surface area contributed by atoms with Crippen LogP contribution < -0.4 is 0 Å². The van der Waals surface area contributed by atoms with Gasteiger partial charge >= 0.3 is 5.97 Å². The Labute approximate surface area is 128 Å². The Morgan fingerprint density at radius 1 is 1.38 bits per heavy atom. The minimum Gasteiger partial charge on any atom is -0.469 e. The van der Waals surface area contributed by atoms with Gasteiger partial charge in [-0.2, -0.15) is 0 Å². The van der Waals surface area contributed by atoms with Crippen molar-refractivity contribution in [1.82, 2.24) is 0 Å². The molecule has 0 bridgehead atoms. The van der Waals surface area contributed by atoms with Gasteiger partial charge < -0.3 is 14.6 Å². The first-order chi connectivity index (χ1) is 9.83. The summed E-state index contributed by atoms with van der Waals surface area (Å²) in [7, 11) is 1.40. The topological polar surface area (TPSA) is 55.8 Å². The monoisotopic (exact) mass is 298 g/mol. The number of carbonyl (C=O) groups excluding carboxylic acids is 1. The molecule has 0 aromatic carbocycles. The predicted molar refractivity (Wildman–Crippen MR) is 82.8 cm³/mol. The number of ether oxygens (including phenoxy) is 2. The number of hydrogen-bond acceptors (Lipinski definition) is 4. The van der Waals surface area contributed by atoms with E-state index in [0.29, 0.717) is 5.92 Å². The third-order valence-corrected chi connectivity index (χ3v) is 4.90. The minimum absolute atomic E-state index is 0.000599. The van der Waals surface area contributed by atoms with E-state index < -0.39 is 6.10 Å². The highest BCUT2D eigenvalue weighted by Crippen LogP contribution is 2.35. The molecule has 0 spiro atoms. The van der Waals surface area contributed by atoms with Gasteiger partial charge in [0.15, 0.2) is 0 Å². The lowest BCUT2D eigenvalue weighted by atomic mass is 9.79.